The Morgan fingerprint density at radius 1 is 1.29 bits per heavy atom. The Hall–Kier alpha value is -0.610. The zero-order chi connectivity index (χ0) is 12.6. The molecule has 0 radical (unpaired) electrons. The summed E-state index contributed by atoms with van der Waals surface area (Å²) < 4.78 is 14.6. The Kier molecular flexibility index (Phi) is 3.73. The average molecular weight is 290 g/mol. The number of halogens is 3. The van der Waals surface area contributed by atoms with E-state index in [9.17, 15) is 4.39 Å². The number of benzene rings is 1. The number of hydrogen-bond acceptors (Lipinski definition) is 2. The highest BCUT2D eigenvalue weighted by molar-refractivity contribution is 7.20. The molecule has 90 valence electrons. The van der Waals surface area contributed by atoms with Crippen LogP contribution in [0.2, 0.25) is 8.67 Å². The van der Waals surface area contributed by atoms with Crippen molar-refractivity contribution in [2.75, 3.05) is 0 Å². The average Bonchev–Trinajstić information content (AvgIpc) is 2.61. The van der Waals surface area contributed by atoms with Crippen molar-refractivity contribution in [2.24, 2.45) is 5.73 Å². The third-order valence-electron chi connectivity index (χ3n) is 2.57. The third-order valence-corrected chi connectivity index (χ3v) is 4.09. The van der Waals surface area contributed by atoms with Gasteiger partial charge in [-0.25, -0.2) is 4.39 Å². The molecule has 1 aromatic carbocycles. The van der Waals surface area contributed by atoms with Crippen LogP contribution < -0.4 is 5.73 Å². The molecule has 17 heavy (non-hydrogen) atoms. The molecule has 0 aliphatic carbocycles. The molecule has 1 nitrogen and oxygen atoms in total. The van der Waals surface area contributed by atoms with Crippen LogP contribution in [0.4, 0.5) is 4.39 Å². The molecule has 1 atom stereocenters. The van der Waals surface area contributed by atoms with Crippen molar-refractivity contribution < 1.29 is 4.39 Å². The maximum atomic E-state index is 13.4. The van der Waals surface area contributed by atoms with Gasteiger partial charge in [-0.1, -0.05) is 35.3 Å². The van der Waals surface area contributed by atoms with E-state index in [0.717, 1.165) is 5.56 Å². The minimum atomic E-state index is -0.457. The molecular weight excluding hydrogens is 280 g/mol. The molecule has 0 amide bonds. The summed E-state index contributed by atoms with van der Waals surface area (Å²) in [4.78, 5) is 0. The molecule has 0 fully saturated rings. The largest absolute Gasteiger partial charge is 0.320 e. The molecule has 0 saturated heterocycles. The van der Waals surface area contributed by atoms with Gasteiger partial charge in [0.05, 0.1) is 14.7 Å². The maximum Gasteiger partial charge on any atom is 0.126 e. The fourth-order valence-corrected chi connectivity index (χ4v) is 3.10. The van der Waals surface area contributed by atoms with Crippen LogP contribution in [0.1, 0.15) is 22.7 Å². The van der Waals surface area contributed by atoms with E-state index >= 15 is 0 Å². The van der Waals surface area contributed by atoms with E-state index in [0.29, 0.717) is 19.8 Å². The fourth-order valence-electron chi connectivity index (χ4n) is 1.55. The van der Waals surface area contributed by atoms with Gasteiger partial charge in [0.15, 0.2) is 0 Å². The summed E-state index contributed by atoms with van der Waals surface area (Å²) in [6.45, 7) is 1.71. The fraction of sp³-hybridized carbons (Fsp3) is 0.167. The number of aryl methyl sites for hydroxylation is 1. The number of rotatable bonds is 2. The lowest BCUT2D eigenvalue weighted by molar-refractivity contribution is 0.614. The Morgan fingerprint density at radius 2 is 2.00 bits per heavy atom. The maximum absolute atomic E-state index is 13.4. The van der Waals surface area contributed by atoms with Crippen LogP contribution in [0.3, 0.4) is 0 Å². The summed E-state index contributed by atoms with van der Waals surface area (Å²) in [6.07, 6.45) is 0. The summed E-state index contributed by atoms with van der Waals surface area (Å²) in [6, 6.07) is 6.19. The van der Waals surface area contributed by atoms with Crippen molar-refractivity contribution in [3.63, 3.8) is 0 Å². The van der Waals surface area contributed by atoms with Crippen LogP contribution >= 0.6 is 34.5 Å². The molecule has 2 aromatic rings. The predicted octanol–water partition coefficient (Wildman–Crippen LogP) is 4.55. The highest BCUT2D eigenvalue weighted by Crippen LogP contribution is 2.36. The number of thiophene rings is 1. The van der Waals surface area contributed by atoms with Gasteiger partial charge in [0.2, 0.25) is 0 Å². The van der Waals surface area contributed by atoms with Crippen molar-refractivity contribution >= 4 is 34.5 Å². The quantitative estimate of drug-likeness (QED) is 0.862. The standard InChI is InChI=1S/C12H10Cl2FNS/c1-6-2-3-7(4-9(6)15)11(16)8-5-10(13)17-12(8)14/h2-5,11H,16H2,1H3. The first-order valence-electron chi connectivity index (χ1n) is 4.95. The van der Waals surface area contributed by atoms with E-state index in [1.54, 1.807) is 25.1 Å². The van der Waals surface area contributed by atoms with Gasteiger partial charge in [-0.05, 0) is 30.2 Å². The smallest absolute Gasteiger partial charge is 0.126 e. The van der Waals surface area contributed by atoms with E-state index in [1.807, 2.05) is 0 Å². The number of nitrogens with two attached hydrogens (primary N) is 1. The van der Waals surface area contributed by atoms with Crippen LogP contribution in [-0.2, 0) is 0 Å². The zero-order valence-corrected chi connectivity index (χ0v) is 11.3. The lowest BCUT2D eigenvalue weighted by Gasteiger charge is -2.12. The molecule has 1 heterocycles. The van der Waals surface area contributed by atoms with Gasteiger partial charge in [-0.2, -0.15) is 0 Å². The highest BCUT2D eigenvalue weighted by Gasteiger charge is 2.16. The molecule has 1 aromatic heterocycles. The molecule has 0 spiro atoms. The van der Waals surface area contributed by atoms with E-state index in [4.69, 9.17) is 28.9 Å². The molecule has 0 bridgehead atoms. The molecule has 0 aliphatic heterocycles. The summed E-state index contributed by atoms with van der Waals surface area (Å²) in [5.74, 6) is -0.268. The number of hydrogen-bond donors (Lipinski definition) is 1. The molecule has 0 saturated carbocycles. The Balaban J connectivity index is 2.40. The van der Waals surface area contributed by atoms with Gasteiger partial charge in [0, 0.05) is 5.56 Å². The van der Waals surface area contributed by atoms with Crippen LogP contribution in [0.25, 0.3) is 0 Å². The first kappa shape index (κ1) is 12.8. The Morgan fingerprint density at radius 3 is 2.53 bits per heavy atom. The van der Waals surface area contributed by atoms with Crippen LogP contribution in [0.5, 0.6) is 0 Å². The SMILES string of the molecule is Cc1ccc(C(N)c2cc(Cl)sc2Cl)cc1F. The molecular formula is C12H10Cl2FNS. The summed E-state index contributed by atoms with van der Waals surface area (Å²) in [5, 5.41) is 0. The first-order valence-corrected chi connectivity index (χ1v) is 6.52. The van der Waals surface area contributed by atoms with Crippen molar-refractivity contribution in [2.45, 2.75) is 13.0 Å². The molecule has 2 rings (SSSR count). The van der Waals surface area contributed by atoms with Crippen LogP contribution in [0, 0.1) is 12.7 Å². The second kappa shape index (κ2) is 4.94. The zero-order valence-electron chi connectivity index (χ0n) is 9.01. The minimum absolute atomic E-state index is 0.268. The second-order valence-corrected chi connectivity index (χ2v) is 6.05. The Bertz CT molecular complexity index is 553. The first-order chi connectivity index (χ1) is 7.99. The summed E-state index contributed by atoms with van der Waals surface area (Å²) >= 11 is 13.1. The lowest BCUT2D eigenvalue weighted by atomic mass is 10.0. The van der Waals surface area contributed by atoms with E-state index in [-0.39, 0.29) is 5.82 Å². The van der Waals surface area contributed by atoms with Gasteiger partial charge in [0.1, 0.15) is 5.82 Å². The molecule has 0 aliphatic rings. The van der Waals surface area contributed by atoms with E-state index < -0.39 is 6.04 Å². The lowest BCUT2D eigenvalue weighted by Crippen LogP contribution is -2.11. The predicted molar refractivity (Wildman–Crippen MR) is 71.5 cm³/mol. The van der Waals surface area contributed by atoms with Crippen LogP contribution in [-0.4, -0.2) is 0 Å². The summed E-state index contributed by atoms with van der Waals surface area (Å²) in [5.41, 5.74) is 8.05. The van der Waals surface area contributed by atoms with E-state index in [2.05, 4.69) is 0 Å². The normalized spacial score (nSPS) is 12.8. The second-order valence-electron chi connectivity index (χ2n) is 3.77. The van der Waals surface area contributed by atoms with Gasteiger partial charge < -0.3 is 5.73 Å². The van der Waals surface area contributed by atoms with Crippen LogP contribution in [0.15, 0.2) is 24.3 Å². The molecule has 2 N–H and O–H groups in total. The molecule has 1 unspecified atom stereocenters. The third kappa shape index (κ3) is 2.63. The summed E-state index contributed by atoms with van der Waals surface area (Å²) in [7, 11) is 0. The van der Waals surface area contributed by atoms with Crippen molar-refractivity contribution in [1.29, 1.82) is 0 Å². The highest BCUT2D eigenvalue weighted by atomic mass is 35.5. The topological polar surface area (TPSA) is 26.0 Å². The van der Waals surface area contributed by atoms with E-state index in [1.165, 1.54) is 17.4 Å². The van der Waals surface area contributed by atoms with Gasteiger partial charge in [0.25, 0.3) is 0 Å². The molecule has 5 heteroatoms. The van der Waals surface area contributed by atoms with Crippen molar-refractivity contribution in [1.82, 2.24) is 0 Å². The monoisotopic (exact) mass is 289 g/mol. The van der Waals surface area contributed by atoms with Crippen molar-refractivity contribution in [3.8, 4) is 0 Å². The Labute approximate surface area is 113 Å². The minimum Gasteiger partial charge on any atom is -0.320 e. The van der Waals surface area contributed by atoms with Gasteiger partial charge in [-0.15, -0.1) is 11.3 Å². The van der Waals surface area contributed by atoms with Gasteiger partial charge in [-0.3, -0.25) is 0 Å². The van der Waals surface area contributed by atoms with Crippen molar-refractivity contribution in [3.05, 3.63) is 55.4 Å². The van der Waals surface area contributed by atoms with Gasteiger partial charge >= 0.3 is 0 Å².